The highest BCUT2D eigenvalue weighted by Gasteiger charge is 1.94. The Balaban J connectivity index is 1.96. The summed E-state index contributed by atoms with van der Waals surface area (Å²) in [5, 5.41) is 0. The van der Waals surface area contributed by atoms with Crippen molar-refractivity contribution in [3.63, 3.8) is 0 Å². The molecule has 2 nitrogen and oxygen atoms in total. The summed E-state index contributed by atoms with van der Waals surface area (Å²) in [6, 6.07) is 16.3. The van der Waals surface area contributed by atoms with Gasteiger partial charge in [-0.15, -0.1) is 0 Å². The molecular weight excluding hydrogens is 174 g/mol. The van der Waals surface area contributed by atoms with Gasteiger partial charge in [-0.25, -0.2) is 0 Å². The van der Waals surface area contributed by atoms with Crippen molar-refractivity contribution in [2.24, 2.45) is 0 Å². The molecule has 1 aromatic carbocycles. The van der Waals surface area contributed by atoms with E-state index in [0.29, 0.717) is 6.61 Å². The number of para-hydroxylation sites is 1. The summed E-state index contributed by atoms with van der Waals surface area (Å²) in [4.78, 5) is 4.15. The number of hydrogen-bond acceptors (Lipinski definition) is 2. The normalized spacial score (nSPS) is 9.71. The third-order valence-electron chi connectivity index (χ3n) is 1.78. The Morgan fingerprint density at radius 1 is 1.14 bits per heavy atom. The second kappa shape index (κ2) is 4.42. The minimum absolute atomic E-state index is 0.487. The van der Waals surface area contributed by atoms with Crippen molar-refractivity contribution in [2.75, 3.05) is 0 Å². The Hall–Kier alpha value is -1.83. The summed E-state index contributed by atoms with van der Waals surface area (Å²) in [5.74, 6) is 0.748. The average molecular weight is 184 g/mol. The molecule has 1 heterocycles. The van der Waals surface area contributed by atoms with Crippen molar-refractivity contribution < 1.29 is 4.74 Å². The lowest BCUT2D eigenvalue weighted by Crippen LogP contribution is -1.96. The fourth-order valence-electron chi connectivity index (χ4n) is 1.10. The molecule has 0 saturated heterocycles. The van der Waals surface area contributed by atoms with E-state index in [2.05, 4.69) is 11.1 Å². The van der Waals surface area contributed by atoms with Crippen molar-refractivity contribution >= 4 is 0 Å². The molecule has 0 aliphatic rings. The van der Waals surface area contributed by atoms with Gasteiger partial charge in [-0.05, 0) is 18.2 Å². The molecule has 0 atom stereocenters. The van der Waals surface area contributed by atoms with Crippen LogP contribution in [0.3, 0.4) is 0 Å². The molecule has 0 aliphatic carbocycles. The number of ether oxygens (including phenoxy) is 1. The van der Waals surface area contributed by atoms with Crippen LogP contribution in [0.1, 0.15) is 5.69 Å². The number of benzene rings is 1. The van der Waals surface area contributed by atoms with E-state index in [1.807, 2.05) is 42.5 Å². The van der Waals surface area contributed by atoms with Crippen molar-refractivity contribution in [1.29, 1.82) is 0 Å². The van der Waals surface area contributed by atoms with Crippen LogP contribution >= 0.6 is 0 Å². The fraction of sp³-hybridized carbons (Fsp3) is 0.0833. The molecule has 0 amide bonds. The second-order valence-corrected chi connectivity index (χ2v) is 2.84. The number of hydrogen-bond donors (Lipinski definition) is 0. The van der Waals surface area contributed by atoms with Gasteiger partial charge in [0, 0.05) is 12.3 Å². The van der Waals surface area contributed by atoms with Gasteiger partial charge in [-0.2, -0.15) is 0 Å². The van der Waals surface area contributed by atoms with Gasteiger partial charge >= 0.3 is 0 Å². The van der Waals surface area contributed by atoms with E-state index in [-0.39, 0.29) is 0 Å². The van der Waals surface area contributed by atoms with Crippen LogP contribution in [-0.4, -0.2) is 4.98 Å². The van der Waals surface area contributed by atoms with Crippen molar-refractivity contribution in [3.8, 4) is 5.75 Å². The molecule has 0 spiro atoms. The Bertz CT molecular complexity index is 333. The van der Waals surface area contributed by atoms with Crippen LogP contribution in [0.25, 0.3) is 0 Å². The molecule has 0 fully saturated rings. The maximum absolute atomic E-state index is 5.47. The van der Waals surface area contributed by atoms with E-state index < -0.39 is 0 Å². The molecule has 0 aliphatic heterocycles. The standard InChI is InChI=1S/C12H10NO/c1-2-7-12(8-3-1)14-10-11-6-4-5-9-13-11/h1-7,9H,10H2. The van der Waals surface area contributed by atoms with Crippen molar-refractivity contribution in [1.82, 2.24) is 4.98 Å². The maximum atomic E-state index is 5.47. The Labute approximate surface area is 83.2 Å². The van der Waals surface area contributed by atoms with Crippen LogP contribution in [0.4, 0.5) is 0 Å². The molecule has 0 bridgehead atoms. The first-order chi connectivity index (χ1) is 6.95. The topological polar surface area (TPSA) is 22.1 Å². The van der Waals surface area contributed by atoms with Crippen LogP contribution < -0.4 is 4.74 Å². The van der Waals surface area contributed by atoms with Gasteiger partial charge in [0.05, 0.1) is 5.69 Å². The maximum Gasteiger partial charge on any atom is 0.130 e. The zero-order chi connectivity index (χ0) is 9.64. The molecular formula is C12H10NO. The van der Waals surface area contributed by atoms with E-state index >= 15 is 0 Å². The molecule has 2 aromatic rings. The monoisotopic (exact) mass is 184 g/mol. The highest BCUT2D eigenvalue weighted by atomic mass is 16.5. The van der Waals surface area contributed by atoms with E-state index in [9.17, 15) is 0 Å². The predicted octanol–water partition coefficient (Wildman–Crippen LogP) is 2.46. The molecule has 1 radical (unpaired) electrons. The van der Waals surface area contributed by atoms with Gasteiger partial charge in [-0.1, -0.05) is 24.3 Å². The SMILES string of the molecule is [c]1ccccc1OCc1ccccn1. The first-order valence-corrected chi connectivity index (χ1v) is 4.44. The van der Waals surface area contributed by atoms with Crippen molar-refractivity contribution in [3.05, 3.63) is 60.4 Å². The molecule has 2 rings (SSSR count). The van der Waals surface area contributed by atoms with E-state index in [0.717, 1.165) is 11.4 Å². The minimum atomic E-state index is 0.487. The summed E-state index contributed by atoms with van der Waals surface area (Å²) in [7, 11) is 0. The first kappa shape index (κ1) is 8.75. The molecule has 0 saturated carbocycles. The van der Waals surface area contributed by atoms with Gasteiger partial charge in [0.25, 0.3) is 0 Å². The zero-order valence-electron chi connectivity index (χ0n) is 7.68. The summed E-state index contributed by atoms with van der Waals surface area (Å²) in [6.45, 7) is 0.487. The first-order valence-electron chi connectivity index (χ1n) is 4.44. The Kier molecular flexibility index (Phi) is 2.76. The van der Waals surface area contributed by atoms with E-state index in [1.165, 1.54) is 0 Å². The lowest BCUT2D eigenvalue weighted by molar-refractivity contribution is 0.300. The smallest absolute Gasteiger partial charge is 0.130 e. The van der Waals surface area contributed by atoms with Gasteiger partial charge < -0.3 is 4.74 Å². The Morgan fingerprint density at radius 2 is 2.07 bits per heavy atom. The third kappa shape index (κ3) is 2.33. The Morgan fingerprint density at radius 3 is 2.79 bits per heavy atom. The van der Waals surface area contributed by atoms with E-state index in [4.69, 9.17) is 4.74 Å². The van der Waals surface area contributed by atoms with Crippen LogP contribution in [0.2, 0.25) is 0 Å². The fourth-order valence-corrected chi connectivity index (χ4v) is 1.10. The zero-order valence-corrected chi connectivity index (χ0v) is 7.68. The highest BCUT2D eigenvalue weighted by molar-refractivity contribution is 5.19. The van der Waals surface area contributed by atoms with Gasteiger partial charge in [0.1, 0.15) is 12.4 Å². The number of nitrogens with zero attached hydrogens (tertiary/aromatic N) is 1. The summed E-state index contributed by atoms with van der Waals surface area (Å²) < 4.78 is 5.47. The minimum Gasteiger partial charge on any atom is -0.487 e. The average Bonchev–Trinajstić information content (AvgIpc) is 2.29. The molecule has 0 N–H and O–H groups in total. The predicted molar refractivity (Wildman–Crippen MR) is 53.8 cm³/mol. The van der Waals surface area contributed by atoms with Crippen LogP contribution in [0, 0.1) is 6.07 Å². The quantitative estimate of drug-likeness (QED) is 0.731. The summed E-state index contributed by atoms with van der Waals surface area (Å²) in [6.07, 6.45) is 1.76. The second-order valence-electron chi connectivity index (χ2n) is 2.84. The highest BCUT2D eigenvalue weighted by Crippen LogP contribution is 2.09. The molecule has 69 valence electrons. The van der Waals surface area contributed by atoms with Crippen molar-refractivity contribution in [2.45, 2.75) is 6.61 Å². The largest absolute Gasteiger partial charge is 0.487 e. The summed E-state index contributed by atoms with van der Waals surface area (Å²) >= 11 is 0. The lowest BCUT2D eigenvalue weighted by Gasteiger charge is -2.03. The number of pyridine rings is 1. The van der Waals surface area contributed by atoms with Gasteiger partial charge in [0.2, 0.25) is 0 Å². The number of aromatic nitrogens is 1. The van der Waals surface area contributed by atoms with Crippen LogP contribution in [-0.2, 0) is 6.61 Å². The molecule has 2 heteroatoms. The molecule has 14 heavy (non-hydrogen) atoms. The van der Waals surface area contributed by atoms with Crippen LogP contribution in [0.15, 0.2) is 48.7 Å². The lowest BCUT2D eigenvalue weighted by atomic mass is 10.3. The van der Waals surface area contributed by atoms with Gasteiger partial charge in [0.15, 0.2) is 0 Å². The van der Waals surface area contributed by atoms with Gasteiger partial charge in [-0.3, -0.25) is 4.98 Å². The molecule has 1 aromatic heterocycles. The number of rotatable bonds is 3. The summed E-state index contributed by atoms with van der Waals surface area (Å²) in [5.41, 5.74) is 0.921. The van der Waals surface area contributed by atoms with Crippen LogP contribution in [0.5, 0.6) is 5.75 Å². The third-order valence-corrected chi connectivity index (χ3v) is 1.78. The van der Waals surface area contributed by atoms with E-state index in [1.54, 1.807) is 6.20 Å². The molecule has 0 unspecified atom stereocenters.